The van der Waals surface area contributed by atoms with Gasteiger partial charge in [0.15, 0.2) is 0 Å². The van der Waals surface area contributed by atoms with Crippen LogP contribution in [0.1, 0.15) is 44.8 Å². The molecule has 0 saturated heterocycles. The highest BCUT2D eigenvalue weighted by Crippen LogP contribution is 2.36. The van der Waals surface area contributed by atoms with E-state index in [-0.39, 0.29) is 5.69 Å². The molecule has 4 aromatic rings. The Kier molecular flexibility index (Phi) is 4.50. The second-order valence-corrected chi connectivity index (χ2v) is 8.85. The van der Waals surface area contributed by atoms with E-state index < -0.39 is 0 Å². The molecule has 0 bridgehead atoms. The molecule has 3 aromatic heterocycles. The topological polar surface area (TPSA) is 44.8 Å². The number of hydrogen-bond donors (Lipinski definition) is 0. The average Bonchev–Trinajstić information content (AvgIpc) is 3.41. The van der Waals surface area contributed by atoms with Gasteiger partial charge in [-0.2, -0.15) is 0 Å². The molecule has 0 spiro atoms. The first-order chi connectivity index (χ1) is 14.0. The largest absolute Gasteiger partial charge is 0.342 e. The minimum Gasteiger partial charge on any atom is -0.342 e. The number of halogens is 1. The molecule has 5 rings (SSSR count). The molecular weight excluding hydrogens is 384 g/mol. The van der Waals surface area contributed by atoms with E-state index in [0.29, 0.717) is 23.7 Å². The van der Waals surface area contributed by atoms with Crippen LogP contribution >= 0.6 is 11.6 Å². The Bertz CT molecular complexity index is 1260. The van der Waals surface area contributed by atoms with Gasteiger partial charge < -0.3 is 4.57 Å². The zero-order valence-corrected chi connectivity index (χ0v) is 17.6. The van der Waals surface area contributed by atoms with Crippen LogP contribution in [0, 0.1) is 5.92 Å². The van der Waals surface area contributed by atoms with Gasteiger partial charge in [-0.15, -0.1) is 0 Å². The van der Waals surface area contributed by atoms with E-state index in [1.807, 2.05) is 39.5 Å². The van der Waals surface area contributed by atoms with Crippen molar-refractivity contribution in [2.75, 3.05) is 0 Å². The summed E-state index contributed by atoms with van der Waals surface area (Å²) in [6.07, 6.45) is 3.24. The van der Waals surface area contributed by atoms with Crippen LogP contribution in [0.15, 0.2) is 47.3 Å². The normalized spacial score (nSPS) is 14.5. The SMILES string of the molecule is CC(C)CCn1c(Cn2c(=O)n(C3CC3)c3ccccc32)cc2nc(Cl)ccc21. The van der Waals surface area contributed by atoms with Crippen LogP contribution in [0.4, 0.5) is 0 Å². The number of nitrogens with zero attached hydrogens (tertiary/aromatic N) is 4. The minimum absolute atomic E-state index is 0.0837. The molecule has 0 aliphatic heterocycles. The van der Waals surface area contributed by atoms with Gasteiger partial charge in [0, 0.05) is 18.3 Å². The summed E-state index contributed by atoms with van der Waals surface area (Å²) in [5.41, 5.74) is 5.16. The Labute approximate surface area is 174 Å². The molecule has 0 amide bonds. The number of aromatic nitrogens is 4. The minimum atomic E-state index is 0.0837. The van der Waals surface area contributed by atoms with Gasteiger partial charge in [-0.3, -0.25) is 9.13 Å². The number of rotatable bonds is 6. The summed E-state index contributed by atoms with van der Waals surface area (Å²) in [6, 6.07) is 14.4. The number of fused-ring (bicyclic) bond motifs is 2. The Hall–Kier alpha value is -2.53. The van der Waals surface area contributed by atoms with Crippen LogP contribution in [-0.4, -0.2) is 18.7 Å². The lowest BCUT2D eigenvalue weighted by molar-refractivity contribution is 0.511. The number of pyridine rings is 1. The van der Waals surface area contributed by atoms with Gasteiger partial charge in [0.25, 0.3) is 0 Å². The molecule has 3 heterocycles. The van der Waals surface area contributed by atoms with Crippen molar-refractivity contribution < 1.29 is 0 Å². The van der Waals surface area contributed by atoms with Gasteiger partial charge in [-0.25, -0.2) is 9.78 Å². The number of imidazole rings is 1. The smallest absolute Gasteiger partial charge is 0.329 e. The molecule has 1 aromatic carbocycles. The second kappa shape index (κ2) is 7.06. The van der Waals surface area contributed by atoms with Gasteiger partial charge >= 0.3 is 5.69 Å². The van der Waals surface area contributed by atoms with Crippen molar-refractivity contribution in [3.05, 3.63) is 63.8 Å². The first-order valence-electron chi connectivity index (χ1n) is 10.4. The molecule has 29 heavy (non-hydrogen) atoms. The van der Waals surface area contributed by atoms with E-state index >= 15 is 0 Å². The van der Waals surface area contributed by atoms with E-state index in [0.717, 1.165) is 53.6 Å². The number of hydrogen-bond acceptors (Lipinski definition) is 2. The highest BCUT2D eigenvalue weighted by atomic mass is 35.5. The summed E-state index contributed by atoms with van der Waals surface area (Å²) in [7, 11) is 0. The maximum absolute atomic E-state index is 13.3. The quantitative estimate of drug-likeness (QED) is 0.410. The molecule has 5 nitrogen and oxygen atoms in total. The molecule has 1 saturated carbocycles. The third kappa shape index (κ3) is 3.27. The van der Waals surface area contributed by atoms with Gasteiger partial charge in [0.2, 0.25) is 0 Å². The highest BCUT2D eigenvalue weighted by molar-refractivity contribution is 6.29. The zero-order chi connectivity index (χ0) is 20.1. The number of para-hydroxylation sites is 2. The molecule has 1 aliphatic carbocycles. The molecule has 1 aliphatic rings. The Morgan fingerprint density at radius 1 is 1.07 bits per heavy atom. The van der Waals surface area contributed by atoms with Crippen LogP contribution in [0.5, 0.6) is 0 Å². The van der Waals surface area contributed by atoms with E-state index in [1.165, 1.54) is 0 Å². The van der Waals surface area contributed by atoms with Crippen LogP contribution < -0.4 is 5.69 Å². The van der Waals surface area contributed by atoms with Crippen molar-refractivity contribution in [1.82, 2.24) is 18.7 Å². The van der Waals surface area contributed by atoms with E-state index in [4.69, 9.17) is 11.6 Å². The third-order valence-electron chi connectivity index (χ3n) is 5.84. The van der Waals surface area contributed by atoms with Crippen LogP contribution in [-0.2, 0) is 13.1 Å². The van der Waals surface area contributed by atoms with E-state index in [9.17, 15) is 4.79 Å². The highest BCUT2D eigenvalue weighted by Gasteiger charge is 2.29. The predicted octanol–water partition coefficient (Wildman–Crippen LogP) is 5.24. The maximum Gasteiger partial charge on any atom is 0.329 e. The van der Waals surface area contributed by atoms with Gasteiger partial charge in [-0.1, -0.05) is 37.6 Å². The van der Waals surface area contributed by atoms with Crippen molar-refractivity contribution in [1.29, 1.82) is 0 Å². The van der Waals surface area contributed by atoms with E-state index in [1.54, 1.807) is 0 Å². The van der Waals surface area contributed by atoms with E-state index in [2.05, 4.69) is 35.5 Å². The summed E-state index contributed by atoms with van der Waals surface area (Å²) in [6.45, 7) is 5.89. The van der Waals surface area contributed by atoms with Crippen molar-refractivity contribution >= 4 is 33.7 Å². The average molecular weight is 409 g/mol. The van der Waals surface area contributed by atoms with Crippen molar-refractivity contribution in [3.63, 3.8) is 0 Å². The summed E-state index contributed by atoms with van der Waals surface area (Å²) in [5, 5.41) is 0.493. The lowest BCUT2D eigenvalue weighted by Gasteiger charge is -2.13. The molecule has 150 valence electrons. The zero-order valence-electron chi connectivity index (χ0n) is 16.8. The number of benzene rings is 1. The Balaban J connectivity index is 1.65. The van der Waals surface area contributed by atoms with Gasteiger partial charge in [0.05, 0.1) is 28.6 Å². The molecule has 1 fully saturated rings. The summed E-state index contributed by atoms with van der Waals surface area (Å²) >= 11 is 6.14. The summed E-state index contributed by atoms with van der Waals surface area (Å²) < 4.78 is 6.19. The molecule has 0 N–H and O–H groups in total. The Morgan fingerprint density at radius 3 is 2.55 bits per heavy atom. The molecule has 0 atom stereocenters. The summed E-state index contributed by atoms with van der Waals surface area (Å²) in [5.74, 6) is 0.597. The molecular formula is C23H25ClN4O. The van der Waals surface area contributed by atoms with Crippen molar-refractivity contribution in [2.45, 2.75) is 52.2 Å². The molecule has 0 unspecified atom stereocenters. The van der Waals surface area contributed by atoms with Crippen molar-refractivity contribution in [2.24, 2.45) is 5.92 Å². The fraction of sp³-hybridized carbons (Fsp3) is 0.391. The first kappa shape index (κ1) is 18.5. The third-order valence-corrected chi connectivity index (χ3v) is 6.05. The maximum atomic E-state index is 13.3. The van der Waals surface area contributed by atoms with Gasteiger partial charge in [-0.05, 0) is 55.5 Å². The van der Waals surface area contributed by atoms with Crippen molar-refractivity contribution in [3.8, 4) is 0 Å². The number of aryl methyl sites for hydroxylation is 1. The summed E-state index contributed by atoms with van der Waals surface area (Å²) in [4.78, 5) is 17.8. The standard InChI is InChI=1S/C23H25ClN4O/c1-15(2)11-12-26-17(13-18-19(26)9-10-22(24)25-18)14-27-20-5-3-4-6-21(20)28(23(27)29)16-7-8-16/h3-6,9-10,13,15-16H,7-8,11-12,14H2,1-2H3. The van der Waals surface area contributed by atoms with Crippen LogP contribution in [0.2, 0.25) is 5.15 Å². The fourth-order valence-corrected chi connectivity index (χ4v) is 4.34. The Morgan fingerprint density at radius 2 is 1.83 bits per heavy atom. The monoisotopic (exact) mass is 408 g/mol. The second-order valence-electron chi connectivity index (χ2n) is 8.47. The fourth-order valence-electron chi connectivity index (χ4n) is 4.18. The van der Waals surface area contributed by atoms with Gasteiger partial charge in [0.1, 0.15) is 5.15 Å². The lowest BCUT2D eigenvalue weighted by atomic mass is 10.1. The van der Waals surface area contributed by atoms with Crippen LogP contribution in [0.3, 0.4) is 0 Å². The predicted molar refractivity (Wildman–Crippen MR) is 118 cm³/mol. The first-order valence-corrected chi connectivity index (χ1v) is 10.7. The molecule has 6 heteroatoms. The molecule has 0 radical (unpaired) electrons. The van der Waals surface area contributed by atoms with Crippen LogP contribution in [0.25, 0.3) is 22.1 Å². The lowest BCUT2D eigenvalue weighted by Crippen LogP contribution is -2.25.